The summed E-state index contributed by atoms with van der Waals surface area (Å²) in [6.07, 6.45) is 2.62. The van der Waals surface area contributed by atoms with Crippen LogP contribution in [0, 0.1) is 11.7 Å². The van der Waals surface area contributed by atoms with Crippen molar-refractivity contribution >= 4 is 40.8 Å². The van der Waals surface area contributed by atoms with Gasteiger partial charge in [-0.05, 0) is 67.5 Å². The maximum Gasteiger partial charge on any atom is 0.306 e. The van der Waals surface area contributed by atoms with Crippen molar-refractivity contribution in [2.75, 3.05) is 5.32 Å². The lowest BCUT2D eigenvalue weighted by molar-refractivity contribution is -0.142. The average Bonchev–Trinajstić information content (AvgIpc) is 2.65. The molecule has 0 unspecified atom stereocenters. The summed E-state index contributed by atoms with van der Waals surface area (Å²) >= 11 is 11.7. The number of carboxylic acids is 1. The molecule has 7 heteroatoms. The minimum atomic E-state index is -0.764. The Kier molecular flexibility index (Phi) is 6.02. The summed E-state index contributed by atoms with van der Waals surface area (Å²) in [4.78, 5) is 23.3. The van der Waals surface area contributed by atoms with Crippen LogP contribution in [0.4, 0.5) is 10.1 Å². The lowest BCUT2D eigenvalue weighted by Crippen LogP contribution is -2.20. The average molecular weight is 410 g/mol. The number of rotatable bonds is 4. The number of amides is 1. The molecule has 2 aromatic rings. The molecule has 2 N–H and O–H groups in total. The maximum absolute atomic E-state index is 14.5. The molecule has 4 nitrogen and oxygen atoms in total. The van der Waals surface area contributed by atoms with E-state index in [0.29, 0.717) is 30.7 Å². The number of aliphatic carboxylic acids is 1. The van der Waals surface area contributed by atoms with Gasteiger partial charge in [0.2, 0.25) is 0 Å². The van der Waals surface area contributed by atoms with Gasteiger partial charge in [0.15, 0.2) is 0 Å². The van der Waals surface area contributed by atoms with Crippen molar-refractivity contribution in [3.05, 3.63) is 63.4 Å². The highest BCUT2D eigenvalue weighted by Crippen LogP contribution is 2.36. The smallest absolute Gasteiger partial charge is 0.306 e. The topological polar surface area (TPSA) is 66.4 Å². The van der Waals surface area contributed by atoms with Gasteiger partial charge in [-0.2, -0.15) is 0 Å². The SMILES string of the molecule is O=C(Nc1ccc([C@H]2CC[C@@H](C(=O)O)CC2)cc1F)c1ccc(Cl)c(Cl)c1. The third kappa shape index (κ3) is 4.60. The van der Waals surface area contributed by atoms with Crippen LogP contribution in [0.5, 0.6) is 0 Å². The van der Waals surface area contributed by atoms with E-state index in [-0.39, 0.29) is 28.1 Å². The van der Waals surface area contributed by atoms with Gasteiger partial charge in [-0.3, -0.25) is 9.59 Å². The Labute approximate surface area is 166 Å². The largest absolute Gasteiger partial charge is 0.481 e. The molecule has 0 spiro atoms. The molecule has 1 aliphatic carbocycles. The fourth-order valence-electron chi connectivity index (χ4n) is 3.39. The van der Waals surface area contributed by atoms with Crippen LogP contribution < -0.4 is 5.32 Å². The highest BCUT2D eigenvalue weighted by molar-refractivity contribution is 6.42. The van der Waals surface area contributed by atoms with E-state index >= 15 is 0 Å². The van der Waals surface area contributed by atoms with Gasteiger partial charge in [0, 0.05) is 5.56 Å². The molecule has 0 atom stereocenters. The van der Waals surface area contributed by atoms with Crippen molar-refractivity contribution < 1.29 is 19.1 Å². The van der Waals surface area contributed by atoms with Crippen molar-refractivity contribution in [3.8, 4) is 0 Å². The van der Waals surface area contributed by atoms with Crippen LogP contribution in [0.15, 0.2) is 36.4 Å². The first-order valence-electron chi connectivity index (χ1n) is 8.64. The summed E-state index contributed by atoms with van der Waals surface area (Å²) in [5, 5.41) is 12.2. The van der Waals surface area contributed by atoms with Crippen molar-refractivity contribution in [2.45, 2.75) is 31.6 Å². The molecular formula is C20H18Cl2FNO3. The zero-order valence-electron chi connectivity index (χ0n) is 14.3. The van der Waals surface area contributed by atoms with Crippen LogP contribution >= 0.6 is 23.2 Å². The molecule has 1 aliphatic rings. The number of hydrogen-bond acceptors (Lipinski definition) is 2. The number of anilines is 1. The summed E-state index contributed by atoms with van der Waals surface area (Å²) in [5.74, 6) is -1.95. The second kappa shape index (κ2) is 8.28. The van der Waals surface area contributed by atoms with E-state index in [1.54, 1.807) is 6.07 Å². The molecule has 3 rings (SSSR count). The van der Waals surface area contributed by atoms with Gasteiger partial charge in [-0.1, -0.05) is 29.3 Å². The van der Waals surface area contributed by atoms with Crippen LogP contribution in [0.2, 0.25) is 10.0 Å². The molecule has 1 fully saturated rings. The number of benzene rings is 2. The van der Waals surface area contributed by atoms with Gasteiger partial charge < -0.3 is 10.4 Å². The molecule has 27 heavy (non-hydrogen) atoms. The molecule has 0 radical (unpaired) electrons. The summed E-state index contributed by atoms with van der Waals surface area (Å²) in [6.45, 7) is 0. The van der Waals surface area contributed by atoms with Gasteiger partial charge in [0.05, 0.1) is 21.7 Å². The Balaban J connectivity index is 1.69. The van der Waals surface area contributed by atoms with Crippen LogP contribution in [0.3, 0.4) is 0 Å². The quantitative estimate of drug-likeness (QED) is 0.675. The molecular weight excluding hydrogens is 392 g/mol. The van der Waals surface area contributed by atoms with E-state index in [1.807, 2.05) is 0 Å². The first-order chi connectivity index (χ1) is 12.8. The van der Waals surface area contributed by atoms with Crippen molar-refractivity contribution in [3.63, 3.8) is 0 Å². The van der Waals surface area contributed by atoms with E-state index in [2.05, 4.69) is 5.32 Å². The second-order valence-corrected chi connectivity index (χ2v) is 7.52. The normalized spacial score (nSPS) is 19.5. The van der Waals surface area contributed by atoms with Crippen LogP contribution in [-0.4, -0.2) is 17.0 Å². The fourth-order valence-corrected chi connectivity index (χ4v) is 3.69. The zero-order valence-corrected chi connectivity index (χ0v) is 15.9. The van der Waals surface area contributed by atoms with E-state index in [1.165, 1.54) is 30.3 Å². The number of carboxylic acid groups (broad SMARTS) is 1. The predicted molar refractivity (Wildman–Crippen MR) is 103 cm³/mol. The minimum Gasteiger partial charge on any atom is -0.481 e. The van der Waals surface area contributed by atoms with Crippen LogP contribution in [0.1, 0.15) is 47.5 Å². The number of carbonyl (C=O) groups is 2. The summed E-state index contributed by atoms with van der Waals surface area (Å²) in [7, 11) is 0. The van der Waals surface area contributed by atoms with Gasteiger partial charge in [0.25, 0.3) is 5.91 Å². The maximum atomic E-state index is 14.5. The summed E-state index contributed by atoms with van der Waals surface area (Å²) < 4.78 is 14.5. The first kappa shape index (κ1) is 19.6. The summed E-state index contributed by atoms with van der Waals surface area (Å²) in [6, 6.07) is 9.16. The van der Waals surface area contributed by atoms with Crippen LogP contribution in [-0.2, 0) is 4.79 Å². The summed E-state index contributed by atoms with van der Waals surface area (Å²) in [5.41, 5.74) is 1.18. The third-order valence-electron chi connectivity index (χ3n) is 4.97. The first-order valence-corrected chi connectivity index (χ1v) is 9.39. The number of nitrogens with one attached hydrogen (secondary N) is 1. The zero-order chi connectivity index (χ0) is 19.6. The van der Waals surface area contributed by atoms with Crippen molar-refractivity contribution in [1.29, 1.82) is 0 Å². The van der Waals surface area contributed by atoms with Crippen molar-refractivity contribution in [2.24, 2.45) is 5.92 Å². The van der Waals surface area contributed by atoms with Gasteiger partial charge in [0.1, 0.15) is 5.82 Å². The Hall–Kier alpha value is -2.11. The van der Waals surface area contributed by atoms with E-state index in [9.17, 15) is 14.0 Å². The lowest BCUT2D eigenvalue weighted by Gasteiger charge is -2.26. The second-order valence-electron chi connectivity index (χ2n) is 6.71. The van der Waals surface area contributed by atoms with E-state index in [4.69, 9.17) is 28.3 Å². The molecule has 0 aromatic heterocycles. The highest BCUT2D eigenvalue weighted by Gasteiger charge is 2.27. The lowest BCUT2D eigenvalue weighted by atomic mass is 9.79. The molecule has 1 amide bonds. The Morgan fingerprint density at radius 2 is 1.70 bits per heavy atom. The molecule has 0 heterocycles. The van der Waals surface area contributed by atoms with Gasteiger partial charge in [-0.25, -0.2) is 4.39 Å². The Bertz CT molecular complexity index is 880. The van der Waals surface area contributed by atoms with E-state index < -0.39 is 17.7 Å². The third-order valence-corrected chi connectivity index (χ3v) is 5.71. The predicted octanol–water partition coefficient (Wildman–Crippen LogP) is 5.74. The number of hydrogen-bond donors (Lipinski definition) is 2. The molecule has 0 aliphatic heterocycles. The van der Waals surface area contributed by atoms with Crippen molar-refractivity contribution in [1.82, 2.24) is 0 Å². The molecule has 2 aromatic carbocycles. The van der Waals surface area contributed by atoms with Gasteiger partial charge in [-0.15, -0.1) is 0 Å². The monoisotopic (exact) mass is 409 g/mol. The molecule has 1 saturated carbocycles. The molecule has 0 bridgehead atoms. The minimum absolute atomic E-state index is 0.0778. The molecule has 0 saturated heterocycles. The highest BCUT2D eigenvalue weighted by atomic mass is 35.5. The van der Waals surface area contributed by atoms with E-state index in [0.717, 1.165) is 5.56 Å². The number of carbonyl (C=O) groups excluding carboxylic acids is 1. The Morgan fingerprint density at radius 3 is 2.30 bits per heavy atom. The Morgan fingerprint density at radius 1 is 1.00 bits per heavy atom. The van der Waals surface area contributed by atoms with Crippen LogP contribution in [0.25, 0.3) is 0 Å². The number of halogens is 3. The molecule has 142 valence electrons. The fraction of sp³-hybridized carbons (Fsp3) is 0.300. The van der Waals surface area contributed by atoms with Gasteiger partial charge >= 0.3 is 5.97 Å². The standard InChI is InChI=1S/C20H18Cl2FNO3/c21-15-7-5-14(9-16(15)22)19(25)24-18-8-6-13(10-17(18)23)11-1-3-12(4-2-11)20(26)27/h5-12H,1-4H2,(H,24,25)(H,26,27)/t11-,12+.